The van der Waals surface area contributed by atoms with Crippen LogP contribution in [0.2, 0.25) is 0 Å². The molecule has 0 amide bonds. The summed E-state index contributed by atoms with van der Waals surface area (Å²) in [5.74, 6) is 0.117. The molecule has 12 heteroatoms. The number of nitrogens with zero attached hydrogens (tertiary/aromatic N) is 4. The number of hydrogen-bond donors (Lipinski definition) is 3. The lowest BCUT2D eigenvalue weighted by molar-refractivity contribution is -0.387. The SMILES string of the molecule is CNc1ccc([N+](=O)[O-])c(S(=O)(=O)NCc2nn[nH]n2)c1. The van der Waals surface area contributed by atoms with Crippen molar-refractivity contribution in [3.63, 3.8) is 0 Å². The number of rotatable bonds is 6. The summed E-state index contributed by atoms with van der Waals surface area (Å²) in [7, 11) is -2.52. The number of tetrazole rings is 1. The number of aromatic amines is 1. The Balaban J connectivity index is 2.35. The zero-order valence-corrected chi connectivity index (χ0v) is 11.6. The van der Waals surface area contributed by atoms with Crippen LogP contribution < -0.4 is 10.0 Å². The summed E-state index contributed by atoms with van der Waals surface area (Å²) >= 11 is 0. The summed E-state index contributed by atoms with van der Waals surface area (Å²) < 4.78 is 26.6. The highest BCUT2D eigenvalue weighted by Crippen LogP contribution is 2.26. The molecule has 112 valence electrons. The average Bonchev–Trinajstić information content (AvgIpc) is 2.98. The molecule has 0 aliphatic carbocycles. The zero-order valence-electron chi connectivity index (χ0n) is 10.8. The molecule has 0 atom stereocenters. The molecule has 3 N–H and O–H groups in total. The third kappa shape index (κ3) is 3.29. The van der Waals surface area contributed by atoms with E-state index in [1.54, 1.807) is 7.05 Å². The maximum atomic E-state index is 12.2. The maximum absolute atomic E-state index is 12.2. The van der Waals surface area contributed by atoms with Gasteiger partial charge in [-0.05, 0) is 12.1 Å². The first-order chi connectivity index (χ1) is 9.94. The van der Waals surface area contributed by atoms with Crippen molar-refractivity contribution in [1.29, 1.82) is 0 Å². The van der Waals surface area contributed by atoms with Crippen LogP contribution in [-0.4, -0.2) is 41.0 Å². The van der Waals surface area contributed by atoms with E-state index in [0.717, 1.165) is 6.07 Å². The molecule has 0 saturated heterocycles. The summed E-state index contributed by atoms with van der Waals surface area (Å²) in [4.78, 5) is 9.75. The predicted molar refractivity (Wildman–Crippen MR) is 70.8 cm³/mol. The normalized spacial score (nSPS) is 11.3. The van der Waals surface area contributed by atoms with Crippen LogP contribution in [0.15, 0.2) is 23.1 Å². The van der Waals surface area contributed by atoms with Gasteiger partial charge in [0.1, 0.15) is 0 Å². The lowest BCUT2D eigenvalue weighted by Gasteiger charge is -2.07. The molecule has 0 bridgehead atoms. The first kappa shape index (κ1) is 14.8. The van der Waals surface area contributed by atoms with Crippen molar-refractivity contribution in [2.24, 2.45) is 0 Å². The largest absolute Gasteiger partial charge is 0.388 e. The van der Waals surface area contributed by atoms with Crippen molar-refractivity contribution < 1.29 is 13.3 Å². The van der Waals surface area contributed by atoms with Gasteiger partial charge in [0.05, 0.1) is 11.5 Å². The number of aromatic nitrogens is 4. The second kappa shape index (κ2) is 5.80. The van der Waals surface area contributed by atoms with Gasteiger partial charge in [0.15, 0.2) is 10.7 Å². The Morgan fingerprint density at radius 1 is 1.43 bits per heavy atom. The third-order valence-corrected chi connectivity index (χ3v) is 3.97. The second-order valence-electron chi connectivity index (χ2n) is 3.84. The first-order valence-electron chi connectivity index (χ1n) is 5.62. The molecule has 1 aromatic carbocycles. The summed E-state index contributed by atoms with van der Waals surface area (Å²) in [5, 5.41) is 26.3. The number of hydrogen-bond acceptors (Lipinski definition) is 8. The quantitative estimate of drug-likeness (QED) is 0.481. The Kier molecular flexibility index (Phi) is 4.09. The highest BCUT2D eigenvalue weighted by molar-refractivity contribution is 7.89. The van der Waals surface area contributed by atoms with Gasteiger partial charge >= 0.3 is 0 Å². The van der Waals surface area contributed by atoms with Crippen LogP contribution in [0.4, 0.5) is 11.4 Å². The maximum Gasteiger partial charge on any atom is 0.289 e. The van der Waals surface area contributed by atoms with Crippen molar-refractivity contribution in [3.8, 4) is 0 Å². The van der Waals surface area contributed by atoms with Crippen molar-refractivity contribution in [2.45, 2.75) is 11.4 Å². The van der Waals surface area contributed by atoms with Gasteiger partial charge in [-0.25, -0.2) is 13.1 Å². The molecule has 21 heavy (non-hydrogen) atoms. The molecule has 0 aliphatic rings. The summed E-state index contributed by atoms with van der Waals surface area (Å²) in [6.07, 6.45) is 0. The molecule has 11 nitrogen and oxygen atoms in total. The van der Waals surface area contributed by atoms with Crippen LogP contribution in [0.25, 0.3) is 0 Å². The van der Waals surface area contributed by atoms with E-state index in [-0.39, 0.29) is 12.4 Å². The van der Waals surface area contributed by atoms with E-state index in [0.29, 0.717) is 5.69 Å². The van der Waals surface area contributed by atoms with Crippen molar-refractivity contribution in [1.82, 2.24) is 25.3 Å². The molecule has 0 aliphatic heterocycles. The summed E-state index contributed by atoms with van der Waals surface area (Å²) in [5.41, 5.74) is -0.0878. The van der Waals surface area contributed by atoms with Crippen LogP contribution in [0.5, 0.6) is 0 Å². The number of nitrogens with one attached hydrogen (secondary N) is 3. The van der Waals surface area contributed by atoms with E-state index >= 15 is 0 Å². The van der Waals surface area contributed by atoms with Crippen molar-refractivity contribution >= 4 is 21.4 Å². The molecule has 0 spiro atoms. The van der Waals surface area contributed by atoms with Gasteiger partial charge < -0.3 is 5.32 Å². The Morgan fingerprint density at radius 3 is 2.76 bits per heavy atom. The fraction of sp³-hybridized carbons (Fsp3) is 0.222. The monoisotopic (exact) mass is 313 g/mol. The van der Waals surface area contributed by atoms with Crippen LogP contribution >= 0.6 is 0 Å². The third-order valence-electron chi connectivity index (χ3n) is 2.54. The van der Waals surface area contributed by atoms with Gasteiger partial charge in [-0.15, -0.1) is 10.2 Å². The molecule has 2 rings (SSSR count). The number of benzene rings is 1. The van der Waals surface area contributed by atoms with E-state index in [1.165, 1.54) is 12.1 Å². The van der Waals surface area contributed by atoms with E-state index in [1.807, 2.05) is 0 Å². The Bertz CT molecular complexity index is 743. The van der Waals surface area contributed by atoms with Crippen LogP contribution in [-0.2, 0) is 16.6 Å². The zero-order chi connectivity index (χ0) is 15.5. The molecule has 0 fully saturated rings. The Morgan fingerprint density at radius 2 is 2.19 bits per heavy atom. The minimum atomic E-state index is -4.10. The fourth-order valence-electron chi connectivity index (χ4n) is 1.53. The highest BCUT2D eigenvalue weighted by Gasteiger charge is 2.26. The molecule has 0 radical (unpaired) electrons. The fourth-order valence-corrected chi connectivity index (χ4v) is 2.71. The minimum Gasteiger partial charge on any atom is -0.388 e. The Labute approximate surface area is 119 Å². The van der Waals surface area contributed by atoms with Gasteiger partial charge in [0.25, 0.3) is 5.69 Å². The summed E-state index contributed by atoms with van der Waals surface area (Å²) in [6.45, 7) is -0.236. The minimum absolute atomic E-state index is 0.117. The van der Waals surface area contributed by atoms with E-state index in [4.69, 9.17) is 0 Å². The van der Waals surface area contributed by atoms with Crippen LogP contribution in [0.1, 0.15) is 5.82 Å². The number of nitro benzene ring substituents is 1. The molecule has 2 aromatic rings. The molecular formula is C9H11N7O4S. The van der Waals surface area contributed by atoms with E-state index in [2.05, 4.69) is 30.7 Å². The predicted octanol–water partition coefficient (Wildman–Crippen LogP) is -0.372. The molecule has 1 heterocycles. The first-order valence-corrected chi connectivity index (χ1v) is 7.10. The van der Waals surface area contributed by atoms with Gasteiger partial charge in [0.2, 0.25) is 10.0 Å². The van der Waals surface area contributed by atoms with Gasteiger partial charge in [-0.1, -0.05) is 5.21 Å². The average molecular weight is 313 g/mol. The highest BCUT2D eigenvalue weighted by atomic mass is 32.2. The molecular weight excluding hydrogens is 302 g/mol. The Hall–Kier alpha value is -2.60. The smallest absolute Gasteiger partial charge is 0.289 e. The lowest BCUT2D eigenvalue weighted by Crippen LogP contribution is -2.24. The second-order valence-corrected chi connectivity index (χ2v) is 5.58. The summed E-state index contributed by atoms with van der Waals surface area (Å²) in [6, 6.07) is 3.71. The standard InChI is InChI=1S/C9H11N7O4S/c1-10-6-2-3-7(16(17)18)8(4-6)21(19,20)11-5-9-12-14-15-13-9/h2-4,10-11H,5H2,1H3,(H,12,13,14,15). The topological polar surface area (TPSA) is 156 Å². The van der Waals surface area contributed by atoms with E-state index < -0.39 is 25.5 Å². The molecule has 0 unspecified atom stereocenters. The lowest BCUT2D eigenvalue weighted by atomic mass is 10.3. The van der Waals surface area contributed by atoms with E-state index in [9.17, 15) is 18.5 Å². The van der Waals surface area contributed by atoms with Crippen molar-refractivity contribution in [2.75, 3.05) is 12.4 Å². The number of anilines is 1. The van der Waals surface area contributed by atoms with Gasteiger partial charge in [-0.2, -0.15) is 5.21 Å². The van der Waals surface area contributed by atoms with Gasteiger partial charge in [0, 0.05) is 18.8 Å². The van der Waals surface area contributed by atoms with Crippen LogP contribution in [0.3, 0.4) is 0 Å². The van der Waals surface area contributed by atoms with Crippen LogP contribution in [0, 0.1) is 10.1 Å². The number of nitro groups is 1. The number of sulfonamides is 1. The molecule has 0 saturated carbocycles. The molecule has 1 aromatic heterocycles. The number of H-pyrrole nitrogens is 1. The van der Waals surface area contributed by atoms with Gasteiger partial charge in [-0.3, -0.25) is 10.1 Å². The van der Waals surface area contributed by atoms with Crippen molar-refractivity contribution in [3.05, 3.63) is 34.1 Å².